The van der Waals surface area contributed by atoms with Gasteiger partial charge in [-0.1, -0.05) is 36.8 Å². The van der Waals surface area contributed by atoms with Crippen LogP contribution in [0.1, 0.15) is 31.0 Å². The van der Waals surface area contributed by atoms with E-state index in [2.05, 4.69) is 50.4 Å². The average Bonchev–Trinajstić information content (AvgIpc) is 2.42. The zero-order valence-corrected chi connectivity index (χ0v) is 11.6. The molecule has 1 aromatic carbocycles. The van der Waals surface area contributed by atoms with Crippen LogP contribution in [-0.4, -0.2) is 21.8 Å². The Labute approximate surface area is 106 Å². The summed E-state index contributed by atoms with van der Waals surface area (Å²) in [4.78, 5) is 0. The van der Waals surface area contributed by atoms with Crippen LogP contribution in [0.25, 0.3) is 0 Å². The molecule has 1 aliphatic rings. The normalized spacial score (nSPS) is 34.3. The first kappa shape index (κ1) is 12.8. The van der Waals surface area contributed by atoms with E-state index in [-0.39, 0.29) is 11.3 Å². The molecule has 0 saturated carbocycles. The van der Waals surface area contributed by atoms with Crippen molar-refractivity contribution in [3.05, 3.63) is 35.4 Å². The van der Waals surface area contributed by atoms with Crippen molar-refractivity contribution >= 4 is 10.8 Å². The van der Waals surface area contributed by atoms with E-state index in [1.54, 1.807) is 0 Å². The zero-order chi connectivity index (χ0) is 12.4. The molecule has 0 spiro atoms. The van der Waals surface area contributed by atoms with E-state index in [1.807, 2.05) is 0 Å². The zero-order valence-electron chi connectivity index (χ0n) is 10.8. The molecule has 0 aromatic heterocycles. The van der Waals surface area contributed by atoms with Crippen LogP contribution in [0.3, 0.4) is 0 Å². The highest BCUT2D eigenvalue weighted by Gasteiger charge is 2.28. The van der Waals surface area contributed by atoms with Crippen LogP contribution in [-0.2, 0) is 10.8 Å². The predicted octanol–water partition coefficient (Wildman–Crippen LogP) is 2.41. The number of hydrogen-bond donors (Lipinski definition) is 1. The minimum Gasteiger partial charge on any atom is -0.309 e. The molecular weight excluding hydrogens is 230 g/mol. The molecule has 94 valence electrons. The molecule has 17 heavy (non-hydrogen) atoms. The first-order valence-corrected chi connectivity index (χ1v) is 7.63. The first-order valence-electron chi connectivity index (χ1n) is 6.25. The van der Waals surface area contributed by atoms with Gasteiger partial charge in [0.05, 0.1) is 5.25 Å². The van der Waals surface area contributed by atoms with E-state index in [0.29, 0.717) is 5.92 Å². The molecule has 0 amide bonds. The van der Waals surface area contributed by atoms with E-state index in [9.17, 15) is 4.21 Å². The van der Waals surface area contributed by atoms with Crippen LogP contribution in [0, 0.1) is 12.8 Å². The second-order valence-corrected chi connectivity index (χ2v) is 6.99. The van der Waals surface area contributed by atoms with Gasteiger partial charge in [-0.2, -0.15) is 0 Å². The summed E-state index contributed by atoms with van der Waals surface area (Å²) in [5.74, 6) is 1.31. The Hall–Kier alpha value is -0.670. The molecular formula is C14H21NOS. The van der Waals surface area contributed by atoms with Crippen molar-refractivity contribution in [2.45, 2.75) is 32.1 Å². The lowest BCUT2D eigenvalue weighted by Gasteiger charge is -2.22. The van der Waals surface area contributed by atoms with Crippen LogP contribution in [0.4, 0.5) is 0 Å². The van der Waals surface area contributed by atoms with Gasteiger partial charge in [0, 0.05) is 22.6 Å². The lowest BCUT2D eigenvalue weighted by Crippen LogP contribution is -2.31. The summed E-state index contributed by atoms with van der Waals surface area (Å²) in [6.45, 7) is 7.30. The molecule has 2 nitrogen and oxygen atoms in total. The van der Waals surface area contributed by atoms with Gasteiger partial charge in [-0.05, 0) is 31.9 Å². The largest absolute Gasteiger partial charge is 0.309 e. The molecule has 1 saturated heterocycles. The standard InChI is InChI=1S/C14H21NOS/c1-10-4-6-13(7-5-10)14-12(3)17(16)9-11(2)8-15-14/h4-7,11-12,14-15H,8-9H2,1-3H3. The van der Waals surface area contributed by atoms with Crippen LogP contribution in [0.5, 0.6) is 0 Å². The van der Waals surface area contributed by atoms with Crippen molar-refractivity contribution in [3.8, 4) is 0 Å². The lowest BCUT2D eigenvalue weighted by molar-refractivity contribution is 0.489. The Morgan fingerprint density at radius 2 is 1.88 bits per heavy atom. The molecule has 1 fully saturated rings. The van der Waals surface area contributed by atoms with Crippen molar-refractivity contribution in [1.29, 1.82) is 0 Å². The second-order valence-electron chi connectivity index (χ2n) is 5.15. The van der Waals surface area contributed by atoms with Gasteiger partial charge in [0.2, 0.25) is 0 Å². The summed E-state index contributed by atoms with van der Waals surface area (Å²) in [7, 11) is -0.731. The van der Waals surface area contributed by atoms with Gasteiger partial charge >= 0.3 is 0 Å². The molecule has 1 aromatic rings. The third kappa shape index (κ3) is 2.96. The molecule has 4 atom stereocenters. The van der Waals surface area contributed by atoms with Crippen molar-refractivity contribution in [2.75, 3.05) is 12.3 Å². The SMILES string of the molecule is Cc1ccc(C2NCC(C)CS(=O)C2C)cc1. The highest BCUT2D eigenvalue weighted by Crippen LogP contribution is 2.24. The monoisotopic (exact) mass is 251 g/mol. The summed E-state index contributed by atoms with van der Waals surface area (Å²) in [6, 6.07) is 8.77. The predicted molar refractivity (Wildman–Crippen MR) is 73.6 cm³/mol. The Morgan fingerprint density at radius 3 is 2.53 bits per heavy atom. The van der Waals surface area contributed by atoms with Gasteiger partial charge in [0.25, 0.3) is 0 Å². The number of benzene rings is 1. The third-order valence-electron chi connectivity index (χ3n) is 3.46. The molecule has 1 N–H and O–H groups in total. The van der Waals surface area contributed by atoms with E-state index in [0.717, 1.165) is 12.3 Å². The molecule has 1 aliphatic heterocycles. The van der Waals surface area contributed by atoms with Crippen LogP contribution < -0.4 is 5.32 Å². The number of rotatable bonds is 1. The minimum absolute atomic E-state index is 0.183. The first-order chi connectivity index (χ1) is 8.08. The average molecular weight is 251 g/mol. The van der Waals surface area contributed by atoms with Gasteiger partial charge in [-0.25, -0.2) is 0 Å². The highest BCUT2D eigenvalue weighted by atomic mass is 32.2. The van der Waals surface area contributed by atoms with Gasteiger partial charge in [0.15, 0.2) is 0 Å². The molecule has 1 heterocycles. The topological polar surface area (TPSA) is 29.1 Å². The maximum absolute atomic E-state index is 12.1. The summed E-state index contributed by atoms with van der Waals surface area (Å²) in [5, 5.41) is 3.74. The Kier molecular flexibility index (Phi) is 4.00. The number of nitrogens with one attached hydrogen (secondary N) is 1. The van der Waals surface area contributed by atoms with Crippen molar-refractivity contribution in [3.63, 3.8) is 0 Å². The highest BCUT2D eigenvalue weighted by molar-refractivity contribution is 7.85. The Balaban J connectivity index is 2.24. The van der Waals surface area contributed by atoms with Gasteiger partial charge in [0.1, 0.15) is 0 Å². The maximum Gasteiger partial charge on any atom is 0.0514 e. The van der Waals surface area contributed by atoms with Gasteiger partial charge in [-0.15, -0.1) is 0 Å². The Morgan fingerprint density at radius 1 is 1.24 bits per heavy atom. The van der Waals surface area contributed by atoms with Crippen molar-refractivity contribution in [1.82, 2.24) is 5.32 Å². The second kappa shape index (κ2) is 5.32. The summed E-state index contributed by atoms with van der Waals surface area (Å²) >= 11 is 0. The number of aryl methyl sites for hydroxylation is 1. The fourth-order valence-corrected chi connectivity index (χ4v) is 3.84. The quantitative estimate of drug-likeness (QED) is 0.830. The van der Waals surface area contributed by atoms with Gasteiger partial charge < -0.3 is 5.32 Å². The van der Waals surface area contributed by atoms with Crippen LogP contribution in [0.2, 0.25) is 0 Å². The van der Waals surface area contributed by atoms with Gasteiger partial charge in [-0.3, -0.25) is 4.21 Å². The van der Waals surface area contributed by atoms with E-state index in [1.165, 1.54) is 11.1 Å². The maximum atomic E-state index is 12.1. The van der Waals surface area contributed by atoms with Crippen molar-refractivity contribution < 1.29 is 4.21 Å². The Bertz CT molecular complexity index is 401. The summed E-state index contributed by atoms with van der Waals surface area (Å²) < 4.78 is 12.1. The summed E-state index contributed by atoms with van der Waals surface area (Å²) in [5.41, 5.74) is 2.52. The lowest BCUT2D eigenvalue weighted by atomic mass is 10.0. The van der Waals surface area contributed by atoms with E-state index in [4.69, 9.17) is 0 Å². The smallest absolute Gasteiger partial charge is 0.0514 e. The minimum atomic E-state index is -0.731. The van der Waals surface area contributed by atoms with Crippen LogP contribution in [0.15, 0.2) is 24.3 Å². The third-order valence-corrected chi connectivity index (χ3v) is 5.45. The molecule has 0 bridgehead atoms. The molecule has 2 rings (SSSR count). The fourth-order valence-electron chi connectivity index (χ4n) is 2.30. The molecule has 0 radical (unpaired) electrons. The summed E-state index contributed by atoms with van der Waals surface area (Å²) in [6.07, 6.45) is 0. The molecule has 0 aliphatic carbocycles. The van der Waals surface area contributed by atoms with Crippen molar-refractivity contribution in [2.24, 2.45) is 5.92 Å². The molecule has 3 heteroatoms. The molecule has 4 unspecified atom stereocenters. The van der Waals surface area contributed by atoms with E-state index < -0.39 is 10.8 Å². The van der Waals surface area contributed by atoms with E-state index >= 15 is 0 Å². The van der Waals surface area contributed by atoms with Crippen LogP contribution >= 0.6 is 0 Å². The number of hydrogen-bond acceptors (Lipinski definition) is 2. The fraction of sp³-hybridized carbons (Fsp3) is 0.571.